The van der Waals surface area contributed by atoms with Gasteiger partial charge in [-0.3, -0.25) is 0 Å². The predicted molar refractivity (Wildman–Crippen MR) is 79.9 cm³/mol. The molecular formula is C17H25N3. The van der Waals surface area contributed by atoms with Crippen LogP contribution < -0.4 is 5.32 Å². The Labute approximate surface area is 121 Å². The van der Waals surface area contributed by atoms with E-state index in [0.29, 0.717) is 5.41 Å². The van der Waals surface area contributed by atoms with E-state index in [0.717, 1.165) is 24.2 Å². The first-order chi connectivity index (χ1) is 9.64. The molecule has 3 aliphatic carbocycles. The van der Waals surface area contributed by atoms with Crippen LogP contribution in [0.5, 0.6) is 0 Å². The SMILES string of the molecule is Cc1nc(C2(C)CC2)nc2c1CC(CNC1CC1)CC2. The first-order valence-corrected chi connectivity index (χ1v) is 8.24. The second kappa shape index (κ2) is 4.52. The molecule has 0 aliphatic heterocycles. The van der Waals surface area contributed by atoms with Crippen molar-refractivity contribution >= 4 is 0 Å². The van der Waals surface area contributed by atoms with Gasteiger partial charge in [0.2, 0.25) is 0 Å². The summed E-state index contributed by atoms with van der Waals surface area (Å²) in [6.45, 7) is 5.68. The third kappa shape index (κ3) is 2.37. The van der Waals surface area contributed by atoms with Gasteiger partial charge in [-0.25, -0.2) is 9.97 Å². The van der Waals surface area contributed by atoms with Crippen molar-refractivity contribution in [1.29, 1.82) is 0 Å². The van der Waals surface area contributed by atoms with Crippen LogP contribution in [0.25, 0.3) is 0 Å². The van der Waals surface area contributed by atoms with Crippen LogP contribution in [0.3, 0.4) is 0 Å². The summed E-state index contributed by atoms with van der Waals surface area (Å²) in [5.74, 6) is 1.90. The number of nitrogens with zero attached hydrogens (tertiary/aromatic N) is 2. The number of hydrogen-bond acceptors (Lipinski definition) is 3. The Morgan fingerprint density at radius 3 is 2.70 bits per heavy atom. The van der Waals surface area contributed by atoms with Crippen molar-refractivity contribution in [2.24, 2.45) is 5.92 Å². The molecule has 3 nitrogen and oxygen atoms in total. The van der Waals surface area contributed by atoms with Gasteiger partial charge in [0.05, 0.1) is 0 Å². The highest BCUT2D eigenvalue weighted by Crippen LogP contribution is 2.46. The molecule has 0 aromatic carbocycles. The van der Waals surface area contributed by atoms with Gasteiger partial charge in [-0.15, -0.1) is 0 Å². The van der Waals surface area contributed by atoms with Crippen LogP contribution >= 0.6 is 0 Å². The molecule has 1 N–H and O–H groups in total. The van der Waals surface area contributed by atoms with E-state index in [9.17, 15) is 0 Å². The molecule has 20 heavy (non-hydrogen) atoms. The zero-order valence-electron chi connectivity index (χ0n) is 12.7. The van der Waals surface area contributed by atoms with Gasteiger partial charge in [-0.1, -0.05) is 6.92 Å². The maximum absolute atomic E-state index is 4.92. The van der Waals surface area contributed by atoms with Gasteiger partial charge >= 0.3 is 0 Å². The lowest BCUT2D eigenvalue weighted by molar-refractivity contribution is 0.415. The van der Waals surface area contributed by atoms with E-state index in [1.165, 1.54) is 62.0 Å². The standard InChI is InChI=1S/C17H25N3/c1-11-14-9-12(10-18-13-4-5-13)3-6-15(14)20-16(19-11)17(2)7-8-17/h12-13,18H,3-10H2,1-2H3. The highest BCUT2D eigenvalue weighted by molar-refractivity contribution is 5.31. The van der Waals surface area contributed by atoms with E-state index >= 15 is 0 Å². The Hall–Kier alpha value is -0.960. The minimum absolute atomic E-state index is 0.296. The molecule has 1 unspecified atom stereocenters. The third-order valence-corrected chi connectivity index (χ3v) is 5.39. The van der Waals surface area contributed by atoms with Crippen molar-refractivity contribution in [3.05, 3.63) is 22.8 Å². The molecule has 0 spiro atoms. The van der Waals surface area contributed by atoms with Gasteiger partial charge in [0, 0.05) is 22.8 Å². The second-order valence-corrected chi connectivity index (χ2v) is 7.41. The number of nitrogens with one attached hydrogen (secondary N) is 1. The molecule has 0 bridgehead atoms. The fourth-order valence-corrected chi connectivity index (χ4v) is 3.34. The molecule has 2 saturated carbocycles. The minimum atomic E-state index is 0.296. The Balaban J connectivity index is 1.52. The second-order valence-electron chi connectivity index (χ2n) is 7.41. The lowest BCUT2D eigenvalue weighted by Crippen LogP contribution is -2.30. The minimum Gasteiger partial charge on any atom is -0.314 e. The Morgan fingerprint density at radius 1 is 1.20 bits per heavy atom. The van der Waals surface area contributed by atoms with Gasteiger partial charge in [0.1, 0.15) is 5.82 Å². The average Bonchev–Trinajstić information content (AvgIpc) is 3.34. The van der Waals surface area contributed by atoms with Crippen LogP contribution in [0, 0.1) is 12.8 Å². The number of aromatic nitrogens is 2. The monoisotopic (exact) mass is 271 g/mol. The Kier molecular flexibility index (Phi) is 2.88. The zero-order valence-corrected chi connectivity index (χ0v) is 12.7. The summed E-state index contributed by atoms with van der Waals surface area (Å²) >= 11 is 0. The van der Waals surface area contributed by atoms with Gasteiger partial charge in [-0.2, -0.15) is 0 Å². The van der Waals surface area contributed by atoms with Crippen molar-refractivity contribution < 1.29 is 0 Å². The van der Waals surface area contributed by atoms with Crippen LogP contribution in [0.4, 0.5) is 0 Å². The van der Waals surface area contributed by atoms with E-state index in [1.54, 1.807) is 0 Å². The first-order valence-electron chi connectivity index (χ1n) is 8.24. The maximum Gasteiger partial charge on any atom is 0.134 e. The van der Waals surface area contributed by atoms with E-state index in [2.05, 4.69) is 19.2 Å². The molecule has 3 aliphatic rings. The van der Waals surface area contributed by atoms with Crippen molar-refractivity contribution in [2.45, 2.75) is 70.3 Å². The lowest BCUT2D eigenvalue weighted by Gasteiger charge is -2.26. The van der Waals surface area contributed by atoms with E-state index in [4.69, 9.17) is 9.97 Å². The molecule has 108 valence electrons. The summed E-state index contributed by atoms with van der Waals surface area (Å²) in [4.78, 5) is 9.75. The molecule has 1 aromatic heterocycles. The van der Waals surface area contributed by atoms with E-state index < -0.39 is 0 Å². The van der Waals surface area contributed by atoms with Crippen molar-refractivity contribution in [3.8, 4) is 0 Å². The molecule has 1 atom stereocenters. The van der Waals surface area contributed by atoms with Crippen LogP contribution in [0.15, 0.2) is 0 Å². The summed E-state index contributed by atoms with van der Waals surface area (Å²) in [6, 6.07) is 0.825. The van der Waals surface area contributed by atoms with Crippen molar-refractivity contribution in [3.63, 3.8) is 0 Å². The molecule has 3 heteroatoms. The summed E-state index contributed by atoms with van der Waals surface area (Å²) in [5.41, 5.74) is 4.34. The maximum atomic E-state index is 4.92. The molecule has 1 heterocycles. The highest BCUT2D eigenvalue weighted by atomic mass is 15.0. The van der Waals surface area contributed by atoms with Crippen molar-refractivity contribution in [2.75, 3.05) is 6.54 Å². The lowest BCUT2D eigenvalue weighted by atomic mass is 9.85. The predicted octanol–water partition coefficient (Wildman–Crippen LogP) is 2.69. The normalized spacial score (nSPS) is 27.2. The van der Waals surface area contributed by atoms with Crippen LogP contribution in [-0.4, -0.2) is 22.6 Å². The third-order valence-electron chi connectivity index (χ3n) is 5.39. The number of hydrogen-bond donors (Lipinski definition) is 1. The molecular weight excluding hydrogens is 246 g/mol. The Bertz CT molecular complexity index is 529. The molecule has 4 rings (SSSR count). The van der Waals surface area contributed by atoms with Crippen LogP contribution in [0.2, 0.25) is 0 Å². The van der Waals surface area contributed by atoms with E-state index in [1.807, 2.05) is 0 Å². The van der Waals surface area contributed by atoms with Gasteiger partial charge in [0.25, 0.3) is 0 Å². The molecule has 0 saturated heterocycles. The van der Waals surface area contributed by atoms with Crippen LogP contribution in [0.1, 0.15) is 61.8 Å². The first kappa shape index (κ1) is 12.8. The molecule has 0 radical (unpaired) electrons. The largest absolute Gasteiger partial charge is 0.314 e. The molecule has 1 aromatic rings. The van der Waals surface area contributed by atoms with Gasteiger partial charge in [-0.05, 0) is 69.9 Å². The molecule has 0 amide bonds. The zero-order chi connectivity index (χ0) is 13.7. The van der Waals surface area contributed by atoms with Gasteiger partial charge < -0.3 is 5.32 Å². The summed E-state index contributed by atoms with van der Waals surface area (Å²) in [5, 5.41) is 3.68. The Morgan fingerprint density at radius 2 is 2.00 bits per heavy atom. The number of aryl methyl sites for hydroxylation is 2. The van der Waals surface area contributed by atoms with Gasteiger partial charge in [0.15, 0.2) is 0 Å². The highest BCUT2D eigenvalue weighted by Gasteiger charge is 2.42. The summed E-state index contributed by atoms with van der Waals surface area (Å²) in [7, 11) is 0. The smallest absolute Gasteiger partial charge is 0.134 e. The number of fused-ring (bicyclic) bond motifs is 1. The topological polar surface area (TPSA) is 37.8 Å². The summed E-state index contributed by atoms with van der Waals surface area (Å²) in [6.07, 6.45) is 8.91. The van der Waals surface area contributed by atoms with Crippen molar-refractivity contribution in [1.82, 2.24) is 15.3 Å². The quantitative estimate of drug-likeness (QED) is 0.915. The molecule has 2 fully saturated rings. The van der Waals surface area contributed by atoms with Crippen LogP contribution in [-0.2, 0) is 18.3 Å². The summed E-state index contributed by atoms with van der Waals surface area (Å²) < 4.78 is 0. The fraction of sp³-hybridized carbons (Fsp3) is 0.765. The average molecular weight is 271 g/mol. The van der Waals surface area contributed by atoms with E-state index in [-0.39, 0.29) is 0 Å². The fourth-order valence-electron chi connectivity index (χ4n) is 3.34. The number of rotatable bonds is 4.